The molecular weight excluding hydrogens is 360 g/mol. The topological polar surface area (TPSA) is 82.1 Å². The first-order valence-corrected chi connectivity index (χ1v) is 10.2. The molecule has 0 radical (unpaired) electrons. The Morgan fingerprint density at radius 3 is 2.43 bits per heavy atom. The van der Waals surface area contributed by atoms with Crippen molar-refractivity contribution in [2.24, 2.45) is 0 Å². The van der Waals surface area contributed by atoms with Crippen LogP contribution in [0.5, 0.6) is 0 Å². The van der Waals surface area contributed by atoms with E-state index in [4.69, 9.17) is 9.72 Å². The summed E-state index contributed by atoms with van der Waals surface area (Å²) in [5.74, 6) is 1.73. The third-order valence-corrected chi connectivity index (χ3v) is 5.60. The van der Waals surface area contributed by atoms with E-state index >= 15 is 0 Å². The number of nitrogens with zero attached hydrogens (tertiary/aromatic N) is 6. The molecule has 28 heavy (non-hydrogen) atoms. The van der Waals surface area contributed by atoms with E-state index in [-0.39, 0.29) is 12.5 Å². The number of anilines is 2. The summed E-state index contributed by atoms with van der Waals surface area (Å²) in [5, 5.41) is 0. The smallest absolute Gasteiger partial charge is 0.410 e. The lowest BCUT2D eigenvalue weighted by Crippen LogP contribution is -2.51. The van der Waals surface area contributed by atoms with Gasteiger partial charge < -0.3 is 19.4 Å². The molecule has 0 aliphatic carbocycles. The van der Waals surface area contributed by atoms with Crippen molar-refractivity contribution >= 4 is 23.8 Å². The molecule has 1 aromatic heterocycles. The highest BCUT2D eigenvalue weighted by molar-refractivity contribution is 5.83. The standard InChI is InChI=1S/C19H28N6O3/c1-15-13-16(21-18(20-15)24-5-3-2-4-6-24)22-7-9-23(10-8-22)17(26)14-25-11-12-28-19(25)27/h13H,2-12,14H2,1H3. The molecule has 3 saturated heterocycles. The summed E-state index contributed by atoms with van der Waals surface area (Å²) in [5.41, 5.74) is 0.969. The Morgan fingerprint density at radius 1 is 1.00 bits per heavy atom. The van der Waals surface area contributed by atoms with Crippen LogP contribution in [-0.2, 0) is 9.53 Å². The van der Waals surface area contributed by atoms with Crippen LogP contribution in [0.4, 0.5) is 16.6 Å². The van der Waals surface area contributed by atoms with Crippen molar-refractivity contribution in [2.75, 3.05) is 68.8 Å². The minimum absolute atomic E-state index is 0.0219. The molecule has 9 heteroatoms. The van der Waals surface area contributed by atoms with Gasteiger partial charge in [0, 0.05) is 51.0 Å². The molecule has 0 N–H and O–H groups in total. The van der Waals surface area contributed by atoms with Crippen LogP contribution in [0.2, 0.25) is 0 Å². The number of hydrogen-bond donors (Lipinski definition) is 0. The van der Waals surface area contributed by atoms with Gasteiger partial charge in [-0.05, 0) is 26.2 Å². The molecule has 0 spiro atoms. The highest BCUT2D eigenvalue weighted by atomic mass is 16.6. The monoisotopic (exact) mass is 388 g/mol. The average molecular weight is 388 g/mol. The van der Waals surface area contributed by atoms with Crippen molar-refractivity contribution in [3.05, 3.63) is 11.8 Å². The van der Waals surface area contributed by atoms with E-state index < -0.39 is 6.09 Å². The van der Waals surface area contributed by atoms with Crippen LogP contribution < -0.4 is 9.80 Å². The Balaban J connectivity index is 1.36. The molecule has 152 valence electrons. The molecule has 4 heterocycles. The van der Waals surface area contributed by atoms with Crippen molar-refractivity contribution in [2.45, 2.75) is 26.2 Å². The number of piperidine rings is 1. The van der Waals surface area contributed by atoms with Gasteiger partial charge in [-0.15, -0.1) is 0 Å². The zero-order valence-electron chi connectivity index (χ0n) is 16.5. The summed E-state index contributed by atoms with van der Waals surface area (Å²) in [7, 11) is 0. The number of carbonyl (C=O) groups excluding carboxylic acids is 2. The van der Waals surface area contributed by atoms with E-state index in [0.717, 1.165) is 43.6 Å². The first-order valence-electron chi connectivity index (χ1n) is 10.2. The number of cyclic esters (lactones) is 1. The Bertz CT molecular complexity index is 728. The van der Waals surface area contributed by atoms with Gasteiger partial charge >= 0.3 is 6.09 Å². The number of aromatic nitrogens is 2. The fraction of sp³-hybridized carbons (Fsp3) is 0.684. The van der Waals surface area contributed by atoms with E-state index in [9.17, 15) is 9.59 Å². The maximum atomic E-state index is 12.5. The lowest BCUT2D eigenvalue weighted by Gasteiger charge is -2.36. The Hall–Kier alpha value is -2.58. The summed E-state index contributed by atoms with van der Waals surface area (Å²) < 4.78 is 4.89. The van der Waals surface area contributed by atoms with Crippen LogP contribution in [0.3, 0.4) is 0 Å². The maximum absolute atomic E-state index is 12.5. The van der Waals surface area contributed by atoms with E-state index in [0.29, 0.717) is 26.2 Å². The van der Waals surface area contributed by atoms with Crippen LogP contribution in [0.1, 0.15) is 25.0 Å². The van der Waals surface area contributed by atoms with Gasteiger partial charge in [-0.2, -0.15) is 4.98 Å². The normalized spacial score (nSPS) is 20.5. The van der Waals surface area contributed by atoms with Gasteiger partial charge in [0.25, 0.3) is 0 Å². The van der Waals surface area contributed by atoms with E-state index in [1.165, 1.54) is 24.2 Å². The highest BCUT2D eigenvalue weighted by Gasteiger charge is 2.28. The molecule has 0 saturated carbocycles. The van der Waals surface area contributed by atoms with E-state index in [2.05, 4.69) is 14.8 Å². The van der Waals surface area contributed by atoms with Crippen LogP contribution in [0.15, 0.2) is 6.07 Å². The zero-order chi connectivity index (χ0) is 19.5. The number of ether oxygens (including phenoxy) is 1. The second-order valence-electron chi connectivity index (χ2n) is 7.62. The molecular formula is C19H28N6O3. The minimum Gasteiger partial charge on any atom is -0.448 e. The predicted molar refractivity (Wildman–Crippen MR) is 105 cm³/mol. The van der Waals surface area contributed by atoms with Crippen molar-refractivity contribution < 1.29 is 14.3 Å². The van der Waals surface area contributed by atoms with E-state index in [1.807, 2.05) is 17.9 Å². The Labute approximate surface area is 165 Å². The second-order valence-corrected chi connectivity index (χ2v) is 7.62. The highest BCUT2D eigenvalue weighted by Crippen LogP contribution is 2.21. The van der Waals surface area contributed by atoms with Gasteiger partial charge in [0.05, 0.1) is 6.54 Å². The van der Waals surface area contributed by atoms with Gasteiger partial charge in [0.1, 0.15) is 19.0 Å². The Kier molecular flexibility index (Phi) is 5.50. The average Bonchev–Trinajstić information content (AvgIpc) is 3.13. The second kappa shape index (κ2) is 8.20. The molecule has 1 aromatic rings. The van der Waals surface area contributed by atoms with Crippen molar-refractivity contribution in [1.29, 1.82) is 0 Å². The molecule has 0 bridgehead atoms. The van der Waals surface area contributed by atoms with E-state index in [1.54, 1.807) is 0 Å². The number of hydrogen-bond acceptors (Lipinski definition) is 7. The maximum Gasteiger partial charge on any atom is 0.410 e. The molecule has 2 amide bonds. The summed E-state index contributed by atoms with van der Waals surface area (Å²) >= 11 is 0. The Morgan fingerprint density at radius 2 is 1.75 bits per heavy atom. The first-order chi connectivity index (χ1) is 13.6. The number of carbonyl (C=O) groups is 2. The molecule has 0 atom stereocenters. The third-order valence-electron chi connectivity index (χ3n) is 5.60. The number of aryl methyl sites for hydroxylation is 1. The van der Waals surface area contributed by atoms with Crippen molar-refractivity contribution in [3.8, 4) is 0 Å². The van der Waals surface area contributed by atoms with Gasteiger partial charge in [-0.1, -0.05) is 0 Å². The molecule has 0 unspecified atom stereocenters. The lowest BCUT2D eigenvalue weighted by atomic mass is 10.1. The molecule has 3 aliphatic rings. The molecule has 4 rings (SSSR count). The number of rotatable bonds is 4. The largest absolute Gasteiger partial charge is 0.448 e. The molecule has 3 aliphatic heterocycles. The quantitative estimate of drug-likeness (QED) is 0.757. The van der Waals surface area contributed by atoms with Crippen LogP contribution in [-0.4, -0.2) is 90.7 Å². The van der Waals surface area contributed by atoms with Crippen LogP contribution >= 0.6 is 0 Å². The SMILES string of the molecule is Cc1cc(N2CCN(C(=O)CN3CCOC3=O)CC2)nc(N2CCCCC2)n1. The van der Waals surface area contributed by atoms with Gasteiger partial charge in [0.2, 0.25) is 11.9 Å². The fourth-order valence-corrected chi connectivity index (χ4v) is 3.95. The van der Waals surface area contributed by atoms with Gasteiger partial charge in [-0.3, -0.25) is 9.69 Å². The van der Waals surface area contributed by atoms with Gasteiger partial charge in [-0.25, -0.2) is 9.78 Å². The summed E-state index contributed by atoms with van der Waals surface area (Å²) in [4.78, 5) is 41.2. The summed E-state index contributed by atoms with van der Waals surface area (Å²) in [6.45, 7) is 7.72. The van der Waals surface area contributed by atoms with Crippen molar-refractivity contribution in [1.82, 2.24) is 19.8 Å². The minimum atomic E-state index is -0.395. The molecule has 0 aromatic carbocycles. The summed E-state index contributed by atoms with van der Waals surface area (Å²) in [6, 6.07) is 2.02. The third kappa shape index (κ3) is 4.13. The number of amides is 2. The first kappa shape index (κ1) is 18.8. The predicted octanol–water partition coefficient (Wildman–Crippen LogP) is 0.876. The van der Waals surface area contributed by atoms with Gasteiger partial charge in [0.15, 0.2) is 0 Å². The molecule has 9 nitrogen and oxygen atoms in total. The molecule has 3 fully saturated rings. The zero-order valence-corrected chi connectivity index (χ0v) is 16.5. The fourth-order valence-electron chi connectivity index (χ4n) is 3.95. The van der Waals surface area contributed by atoms with Crippen molar-refractivity contribution in [3.63, 3.8) is 0 Å². The summed E-state index contributed by atoms with van der Waals surface area (Å²) in [6.07, 6.45) is 3.27. The number of piperazine rings is 1. The lowest BCUT2D eigenvalue weighted by molar-refractivity contribution is -0.132. The van der Waals surface area contributed by atoms with Crippen LogP contribution in [0, 0.1) is 6.92 Å². The van der Waals surface area contributed by atoms with Crippen LogP contribution in [0.25, 0.3) is 0 Å².